The van der Waals surface area contributed by atoms with Gasteiger partial charge in [-0.25, -0.2) is 4.79 Å². The normalized spacial score (nSPS) is 10.9. The van der Waals surface area contributed by atoms with Gasteiger partial charge in [0, 0.05) is 0 Å². The summed E-state index contributed by atoms with van der Waals surface area (Å²) in [4.78, 5) is 20.6. The van der Waals surface area contributed by atoms with Crippen molar-refractivity contribution in [2.45, 2.75) is 12.5 Å². The van der Waals surface area contributed by atoms with Crippen LogP contribution in [0.2, 0.25) is 0 Å². The Morgan fingerprint density at radius 3 is 1.76 bits per heavy atom. The van der Waals surface area contributed by atoms with Crippen LogP contribution in [-0.2, 0) is 11.2 Å². The van der Waals surface area contributed by atoms with Gasteiger partial charge in [0.15, 0.2) is 0 Å². The Bertz CT molecular complexity index is 569. The van der Waals surface area contributed by atoms with E-state index in [1.165, 1.54) is 0 Å². The summed E-state index contributed by atoms with van der Waals surface area (Å²) in [5.41, 5.74) is 6.63. The maximum absolute atomic E-state index is 10.4. The van der Waals surface area contributed by atoms with E-state index >= 15 is 0 Å². The van der Waals surface area contributed by atoms with Crippen molar-refractivity contribution in [3.05, 3.63) is 71.8 Å². The van der Waals surface area contributed by atoms with Gasteiger partial charge in [-0.15, -0.1) is 0 Å². The molecule has 5 heteroatoms. The van der Waals surface area contributed by atoms with Crippen molar-refractivity contribution in [2.75, 3.05) is 0 Å². The SMILES string of the molecule is NC(Cc1ccccc1)C(=O)O.O=C(O)c1ccccc1. The first-order valence-corrected chi connectivity index (χ1v) is 6.31. The minimum Gasteiger partial charge on any atom is -0.480 e. The highest BCUT2D eigenvalue weighted by Gasteiger charge is 2.10. The number of carbonyl (C=O) groups is 2. The number of carboxylic acids is 2. The van der Waals surface area contributed by atoms with Gasteiger partial charge in [-0.3, -0.25) is 4.79 Å². The van der Waals surface area contributed by atoms with Gasteiger partial charge in [0.25, 0.3) is 0 Å². The molecular formula is C16H17NO4. The molecule has 5 nitrogen and oxygen atoms in total. The van der Waals surface area contributed by atoms with Crippen molar-refractivity contribution in [1.29, 1.82) is 0 Å². The van der Waals surface area contributed by atoms with Crippen LogP contribution >= 0.6 is 0 Å². The van der Waals surface area contributed by atoms with E-state index in [9.17, 15) is 9.59 Å². The van der Waals surface area contributed by atoms with Gasteiger partial charge >= 0.3 is 11.9 Å². The van der Waals surface area contributed by atoms with E-state index in [4.69, 9.17) is 15.9 Å². The zero-order valence-electron chi connectivity index (χ0n) is 11.3. The first kappa shape index (κ1) is 16.4. The van der Waals surface area contributed by atoms with Crippen LogP contribution in [-0.4, -0.2) is 28.2 Å². The fourth-order valence-electron chi connectivity index (χ4n) is 1.54. The third-order valence-corrected chi connectivity index (χ3v) is 2.64. The molecule has 0 saturated carbocycles. The first-order valence-electron chi connectivity index (χ1n) is 6.31. The minimum absolute atomic E-state index is 0.331. The average molecular weight is 287 g/mol. The number of hydrogen-bond acceptors (Lipinski definition) is 3. The van der Waals surface area contributed by atoms with Crippen LogP contribution in [0.15, 0.2) is 60.7 Å². The molecule has 110 valence electrons. The zero-order valence-corrected chi connectivity index (χ0v) is 11.3. The van der Waals surface area contributed by atoms with Crippen molar-refractivity contribution in [3.8, 4) is 0 Å². The first-order chi connectivity index (χ1) is 10.0. The lowest BCUT2D eigenvalue weighted by molar-refractivity contribution is -0.138. The lowest BCUT2D eigenvalue weighted by Gasteiger charge is -2.04. The van der Waals surface area contributed by atoms with Gasteiger partial charge in [-0.05, 0) is 24.1 Å². The third kappa shape index (κ3) is 6.35. The second kappa shape index (κ2) is 8.50. The largest absolute Gasteiger partial charge is 0.480 e. The molecule has 0 bridgehead atoms. The van der Waals surface area contributed by atoms with E-state index in [0.717, 1.165) is 5.56 Å². The van der Waals surface area contributed by atoms with Crippen LogP contribution in [0.1, 0.15) is 15.9 Å². The molecular weight excluding hydrogens is 270 g/mol. The standard InChI is InChI=1S/C9H11NO2.C7H6O2/c10-8(9(11)12)6-7-4-2-1-3-5-7;8-7(9)6-4-2-1-3-5-6/h1-5,8H,6,10H2,(H,11,12);1-5H,(H,8,9). The fourth-order valence-corrected chi connectivity index (χ4v) is 1.54. The van der Waals surface area contributed by atoms with E-state index in [1.54, 1.807) is 30.3 Å². The average Bonchev–Trinajstić information content (AvgIpc) is 2.49. The van der Waals surface area contributed by atoms with Crippen molar-refractivity contribution in [3.63, 3.8) is 0 Å². The van der Waals surface area contributed by atoms with E-state index in [2.05, 4.69) is 0 Å². The van der Waals surface area contributed by atoms with E-state index < -0.39 is 18.0 Å². The second-order valence-electron chi connectivity index (χ2n) is 4.31. The molecule has 0 radical (unpaired) electrons. The molecule has 2 aromatic rings. The lowest BCUT2D eigenvalue weighted by atomic mass is 10.1. The summed E-state index contributed by atoms with van der Waals surface area (Å²) in [5.74, 6) is -1.84. The Kier molecular flexibility index (Phi) is 6.63. The van der Waals surface area contributed by atoms with Crippen LogP contribution in [0.25, 0.3) is 0 Å². The van der Waals surface area contributed by atoms with Crippen LogP contribution in [0, 0.1) is 0 Å². The minimum atomic E-state index is -0.959. The molecule has 0 aliphatic carbocycles. The number of benzene rings is 2. The molecule has 0 amide bonds. The monoisotopic (exact) mass is 287 g/mol. The zero-order chi connectivity index (χ0) is 15.7. The maximum atomic E-state index is 10.4. The van der Waals surface area contributed by atoms with Gasteiger partial charge < -0.3 is 15.9 Å². The van der Waals surface area contributed by atoms with Gasteiger partial charge in [0.05, 0.1) is 5.56 Å². The summed E-state index contributed by atoms with van der Waals surface area (Å²) in [7, 11) is 0. The Labute approximate surface area is 122 Å². The highest BCUT2D eigenvalue weighted by molar-refractivity contribution is 5.87. The summed E-state index contributed by atoms with van der Waals surface area (Å²) >= 11 is 0. The Morgan fingerprint density at radius 1 is 0.905 bits per heavy atom. The van der Waals surface area contributed by atoms with Gasteiger partial charge in [-0.2, -0.15) is 0 Å². The number of rotatable bonds is 4. The molecule has 4 N–H and O–H groups in total. The molecule has 0 spiro atoms. The van der Waals surface area contributed by atoms with Crippen molar-refractivity contribution >= 4 is 11.9 Å². The van der Waals surface area contributed by atoms with Gasteiger partial charge in [0.2, 0.25) is 0 Å². The molecule has 0 heterocycles. The molecule has 2 aromatic carbocycles. The molecule has 21 heavy (non-hydrogen) atoms. The summed E-state index contributed by atoms with van der Waals surface area (Å²) in [6.07, 6.45) is 0.385. The molecule has 1 atom stereocenters. The summed E-state index contributed by atoms with van der Waals surface area (Å²) in [6, 6.07) is 16.8. The topological polar surface area (TPSA) is 101 Å². The molecule has 2 rings (SSSR count). The Hall–Kier alpha value is -2.66. The molecule has 0 saturated heterocycles. The van der Waals surface area contributed by atoms with E-state index in [-0.39, 0.29) is 0 Å². The Morgan fingerprint density at radius 2 is 1.38 bits per heavy atom. The number of nitrogens with two attached hydrogens (primary N) is 1. The van der Waals surface area contributed by atoms with Crippen molar-refractivity contribution < 1.29 is 19.8 Å². The molecule has 0 aliphatic rings. The quantitative estimate of drug-likeness (QED) is 0.798. The summed E-state index contributed by atoms with van der Waals surface area (Å²) in [5, 5.41) is 16.9. The van der Waals surface area contributed by atoms with E-state index in [0.29, 0.717) is 12.0 Å². The highest BCUT2D eigenvalue weighted by atomic mass is 16.4. The molecule has 1 unspecified atom stereocenters. The van der Waals surface area contributed by atoms with Crippen LogP contribution < -0.4 is 5.73 Å². The van der Waals surface area contributed by atoms with Crippen molar-refractivity contribution in [2.24, 2.45) is 5.73 Å². The van der Waals surface area contributed by atoms with Gasteiger partial charge in [-0.1, -0.05) is 48.5 Å². The molecule has 0 aliphatic heterocycles. The number of carboxylic acid groups (broad SMARTS) is 2. The summed E-state index contributed by atoms with van der Waals surface area (Å²) < 4.78 is 0. The smallest absolute Gasteiger partial charge is 0.335 e. The van der Waals surface area contributed by atoms with Crippen molar-refractivity contribution in [1.82, 2.24) is 0 Å². The number of hydrogen-bond donors (Lipinski definition) is 3. The lowest BCUT2D eigenvalue weighted by Crippen LogP contribution is -2.32. The highest BCUT2D eigenvalue weighted by Crippen LogP contribution is 2.01. The predicted molar refractivity (Wildman–Crippen MR) is 79.2 cm³/mol. The maximum Gasteiger partial charge on any atom is 0.335 e. The third-order valence-electron chi connectivity index (χ3n) is 2.64. The van der Waals surface area contributed by atoms with Gasteiger partial charge in [0.1, 0.15) is 6.04 Å². The van der Waals surface area contributed by atoms with Crippen LogP contribution in [0.3, 0.4) is 0 Å². The van der Waals surface area contributed by atoms with Crippen LogP contribution in [0.5, 0.6) is 0 Å². The second-order valence-corrected chi connectivity index (χ2v) is 4.31. The number of aromatic carboxylic acids is 1. The summed E-state index contributed by atoms with van der Waals surface area (Å²) in [6.45, 7) is 0. The van der Waals surface area contributed by atoms with E-state index in [1.807, 2.05) is 30.3 Å². The van der Waals surface area contributed by atoms with Crippen LogP contribution in [0.4, 0.5) is 0 Å². The molecule has 0 aromatic heterocycles. The molecule has 0 fully saturated rings. The Balaban J connectivity index is 0.000000219. The predicted octanol–water partition coefficient (Wildman–Crippen LogP) is 2.03. The number of aliphatic carboxylic acids is 1. The fraction of sp³-hybridized carbons (Fsp3) is 0.125.